The predicted octanol–water partition coefficient (Wildman–Crippen LogP) is 2.86. The van der Waals surface area contributed by atoms with E-state index < -0.39 is 6.03 Å². The van der Waals surface area contributed by atoms with E-state index in [1.54, 1.807) is 4.90 Å². The topological polar surface area (TPSA) is 127 Å². The van der Waals surface area contributed by atoms with Gasteiger partial charge in [0.05, 0.1) is 22.6 Å². The second-order valence-corrected chi connectivity index (χ2v) is 6.65. The molecule has 1 aromatic carbocycles. The molecule has 1 unspecified atom stereocenters. The first kappa shape index (κ1) is 16.6. The summed E-state index contributed by atoms with van der Waals surface area (Å²) in [6, 6.07) is 5.32. The molecular weight excluding hydrogens is 354 g/mol. The first-order chi connectivity index (χ1) is 12.6. The van der Waals surface area contributed by atoms with E-state index in [1.165, 1.54) is 6.33 Å². The Labute approximate surface area is 154 Å². The zero-order chi connectivity index (χ0) is 18.3. The van der Waals surface area contributed by atoms with Crippen LogP contribution in [0.3, 0.4) is 0 Å². The van der Waals surface area contributed by atoms with Crippen LogP contribution >= 0.6 is 11.6 Å². The maximum Gasteiger partial charge on any atom is 0.315 e. The van der Waals surface area contributed by atoms with Crippen molar-refractivity contribution in [2.45, 2.75) is 25.3 Å². The Bertz CT molecular complexity index is 966. The van der Waals surface area contributed by atoms with Crippen LogP contribution in [0.5, 0.6) is 0 Å². The third kappa shape index (κ3) is 2.72. The summed E-state index contributed by atoms with van der Waals surface area (Å²) in [5.74, 6) is 0.749. The van der Waals surface area contributed by atoms with Crippen molar-refractivity contribution in [2.75, 3.05) is 12.3 Å². The number of primary amides is 1. The summed E-state index contributed by atoms with van der Waals surface area (Å²) < 4.78 is 0. The quantitative estimate of drug-likeness (QED) is 0.597. The van der Waals surface area contributed by atoms with Gasteiger partial charge in [0.2, 0.25) is 0 Å². The van der Waals surface area contributed by atoms with Crippen molar-refractivity contribution in [2.24, 2.45) is 5.73 Å². The minimum absolute atomic E-state index is 0.0963. The number of amides is 2. The van der Waals surface area contributed by atoms with Gasteiger partial charge in [0, 0.05) is 12.1 Å². The lowest BCUT2D eigenvalue weighted by molar-refractivity contribution is 0.160. The summed E-state index contributed by atoms with van der Waals surface area (Å²) in [5.41, 5.74) is 14.5. The summed E-state index contributed by atoms with van der Waals surface area (Å²) in [6.45, 7) is 0.652. The van der Waals surface area contributed by atoms with Gasteiger partial charge in [-0.15, -0.1) is 0 Å². The number of nitrogens with two attached hydrogens (primary N) is 2. The highest BCUT2D eigenvalue weighted by molar-refractivity contribution is 6.32. The molecule has 9 heteroatoms. The minimum atomic E-state index is -0.411. The molecule has 0 radical (unpaired) electrons. The van der Waals surface area contributed by atoms with Gasteiger partial charge in [0.15, 0.2) is 0 Å². The van der Waals surface area contributed by atoms with E-state index in [0.717, 1.165) is 35.9 Å². The number of urea groups is 1. The summed E-state index contributed by atoms with van der Waals surface area (Å²) >= 11 is 6.18. The number of anilines is 1. The molecule has 0 bridgehead atoms. The van der Waals surface area contributed by atoms with Crippen LogP contribution in [0.25, 0.3) is 22.4 Å². The standard InChI is InChI=1S/C17H18ClN7O/c18-14-12(15(19)22-8-21-14)16-23-10-5-3-4-9(13(10)24-16)11-6-1-2-7-25(11)17(20)26/h3-5,8,11H,1-2,6-7H2,(H2,20,26)(H,23,24)(H2,19,21,22). The normalized spacial score (nSPS) is 17.6. The van der Waals surface area contributed by atoms with E-state index in [9.17, 15) is 4.79 Å². The lowest BCUT2D eigenvalue weighted by Gasteiger charge is -2.34. The number of likely N-dealkylation sites (tertiary alicyclic amines) is 1. The van der Waals surface area contributed by atoms with Crippen LogP contribution in [0, 0.1) is 0 Å². The number of halogens is 1. The maximum absolute atomic E-state index is 11.9. The van der Waals surface area contributed by atoms with Crippen molar-refractivity contribution in [3.63, 3.8) is 0 Å². The van der Waals surface area contributed by atoms with Crippen LogP contribution < -0.4 is 11.5 Å². The summed E-state index contributed by atoms with van der Waals surface area (Å²) in [4.78, 5) is 29.5. The lowest BCUT2D eigenvalue weighted by atomic mass is 9.94. The number of aromatic nitrogens is 4. The Balaban J connectivity index is 1.85. The zero-order valence-corrected chi connectivity index (χ0v) is 14.7. The van der Waals surface area contributed by atoms with Gasteiger partial charge in [-0.25, -0.2) is 19.7 Å². The third-order valence-electron chi connectivity index (χ3n) is 4.76. The van der Waals surface area contributed by atoms with Gasteiger partial charge in [0.25, 0.3) is 0 Å². The average molecular weight is 372 g/mol. The number of rotatable bonds is 2. The van der Waals surface area contributed by atoms with E-state index in [1.807, 2.05) is 18.2 Å². The van der Waals surface area contributed by atoms with Crippen LogP contribution in [0.15, 0.2) is 24.5 Å². The molecule has 1 fully saturated rings. The number of nitrogen functional groups attached to an aromatic ring is 1. The van der Waals surface area contributed by atoms with Crippen LogP contribution in [-0.4, -0.2) is 37.4 Å². The molecule has 0 aliphatic carbocycles. The number of fused-ring (bicyclic) bond motifs is 1. The van der Waals surface area contributed by atoms with Crippen molar-refractivity contribution in [1.82, 2.24) is 24.8 Å². The Morgan fingerprint density at radius 2 is 2.15 bits per heavy atom. The highest BCUT2D eigenvalue weighted by Crippen LogP contribution is 2.36. The molecule has 1 aliphatic heterocycles. The number of benzene rings is 1. The molecular formula is C17H18ClN7O. The molecule has 0 saturated carbocycles. The SMILES string of the molecule is NC(=O)N1CCCCC1c1cccc2[nH]c(-c3c(N)ncnc3Cl)nc12. The monoisotopic (exact) mass is 371 g/mol. The number of aromatic amines is 1. The predicted molar refractivity (Wildman–Crippen MR) is 99.4 cm³/mol. The van der Waals surface area contributed by atoms with E-state index in [-0.39, 0.29) is 17.0 Å². The molecule has 1 aliphatic rings. The van der Waals surface area contributed by atoms with E-state index in [4.69, 9.17) is 28.1 Å². The summed E-state index contributed by atoms with van der Waals surface area (Å²) in [7, 11) is 0. The lowest BCUT2D eigenvalue weighted by Crippen LogP contribution is -2.41. The first-order valence-electron chi connectivity index (χ1n) is 8.37. The largest absolute Gasteiger partial charge is 0.383 e. The Kier molecular flexibility index (Phi) is 4.12. The van der Waals surface area contributed by atoms with Gasteiger partial charge in [-0.2, -0.15) is 0 Å². The van der Waals surface area contributed by atoms with E-state index >= 15 is 0 Å². The van der Waals surface area contributed by atoms with Crippen molar-refractivity contribution in [3.8, 4) is 11.4 Å². The van der Waals surface area contributed by atoms with Gasteiger partial charge in [0.1, 0.15) is 23.1 Å². The summed E-state index contributed by atoms with van der Waals surface area (Å²) in [5, 5.41) is 0.231. The van der Waals surface area contributed by atoms with Crippen LogP contribution in [0.1, 0.15) is 30.9 Å². The number of hydrogen-bond donors (Lipinski definition) is 3. The molecule has 5 N–H and O–H groups in total. The maximum atomic E-state index is 11.9. The second kappa shape index (κ2) is 6.45. The zero-order valence-electron chi connectivity index (χ0n) is 13.9. The van der Waals surface area contributed by atoms with E-state index in [2.05, 4.69) is 15.0 Å². The number of imidazole rings is 1. The molecule has 3 aromatic rings. The molecule has 2 amide bonds. The van der Waals surface area contributed by atoms with Gasteiger partial charge in [-0.1, -0.05) is 23.7 Å². The minimum Gasteiger partial charge on any atom is -0.383 e. The molecule has 3 heterocycles. The van der Waals surface area contributed by atoms with Crippen molar-refractivity contribution in [3.05, 3.63) is 35.2 Å². The van der Waals surface area contributed by atoms with Crippen molar-refractivity contribution < 1.29 is 4.79 Å². The Morgan fingerprint density at radius 1 is 1.31 bits per heavy atom. The van der Waals surface area contributed by atoms with Crippen molar-refractivity contribution in [1.29, 1.82) is 0 Å². The van der Waals surface area contributed by atoms with Crippen LogP contribution in [-0.2, 0) is 0 Å². The van der Waals surface area contributed by atoms with Gasteiger partial charge in [-0.05, 0) is 25.3 Å². The van der Waals surface area contributed by atoms with Gasteiger partial charge < -0.3 is 21.4 Å². The number of H-pyrrole nitrogens is 1. The molecule has 8 nitrogen and oxygen atoms in total. The fraction of sp³-hybridized carbons (Fsp3) is 0.294. The first-order valence-corrected chi connectivity index (χ1v) is 8.75. The molecule has 0 spiro atoms. The fourth-order valence-corrected chi connectivity index (χ4v) is 3.79. The molecule has 1 saturated heterocycles. The Hall–Kier alpha value is -2.87. The number of carbonyl (C=O) groups excluding carboxylic acids is 1. The fourth-order valence-electron chi connectivity index (χ4n) is 3.56. The number of nitrogens with zero attached hydrogens (tertiary/aromatic N) is 4. The van der Waals surface area contributed by atoms with Crippen LogP contribution in [0.2, 0.25) is 5.15 Å². The smallest absolute Gasteiger partial charge is 0.315 e. The highest BCUT2D eigenvalue weighted by Gasteiger charge is 2.29. The van der Waals surface area contributed by atoms with E-state index in [0.29, 0.717) is 17.9 Å². The summed E-state index contributed by atoms with van der Waals surface area (Å²) in [6.07, 6.45) is 4.14. The molecule has 4 rings (SSSR count). The number of para-hydroxylation sites is 1. The molecule has 134 valence electrons. The van der Waals surface area contributed by atoms with Gasteiger partial charge in [-0.3, -0.25) is 0 Å². The number of hydrogen-bond acceptors (Lipinski definition) is 5. The second-order valence-electron chi connectivity index (χ2n) is 6.30. The molecule has 2 aromatic heterocycles. The number of piperidine rings is 1. The highest BCUT2D eigenvalue weighted by atomic mass is 35.5. The van der Waals surface area contributed by atoms with Gasteiger partial charge >= 0.3 is 6.03 Å². The Morgan fingerprint density at radius 3 is 2.92 bits per heavy atom. The molecule has 1 atom stereocenters. The van der Waals surface area contributed by atoms with Crippen LogP contribution in [0.4, 0.5) is 10.6 Å². The molecule has 26 heavy (non-hydrogen) atoms. The average Bonchev–Trinajstić information content (AvgIpc) is 3.05. The van der Waals surface area contributed by atoms with Crippen molar-refractivity contribution >= 4 is 34.5 Å². The third-order valence-corrected chi connectivity index (χ3v) is 5.04. The number of carbonyl (C=O) groups is 1. The number of nitrogens with one attached hydrogen (secondary N) is 1.